The van der Waals surface area contributed by atoms with Crippen molar-refractivity contribution in [2.45, 2.75) is 20.3 Å². The Morgan fingerprint density at radius 1 is 1.71 bits per heavy atom. The molecule has 1 rings (SSSR count). The smallest absolute Gasteiger partial charge is 0.333 e. The van der Waals surface area contributed by atoms with Gasteiger partial charge in [-0.25, -0.2) is 4.79 Å². The Bertz CT molecular complexity index is 246. The van der Waals surface area contributed by atoms with E-state index in [1.54, 1.807) is 26.1 Å². The van der Waals surface area contributed by atoms with Crippen molar-refractivity contribution in [1.82, 2.24) is 5.32 Å². The zero-order chi connectivity index (χ0) is 11.0. The van der Waals surface area contributed by atoms with Gasteiger partial charge < -0.3 is 10.1 Å². The predicted molar refractivity (Wildman–Crippen MR) is 53.3 cm³/mol. The zero-order valence-electron chi connectivity index (χ0n) is 8.50. The molecule has 0 unspecified atom stereocenters. The van der Waals surface area contributed by atoms with E-state index in [1.807, 2.05) is 0 Å². The predicted octanol–water partition coefficient (Wildman–Crippen LogP) is 1.15. The number of hydrogen-bond donors (Lipinski definition) is 1. The first-order valence-corrected chi connectivity index (χ1v) is 4.35. The molecule has 1 amide bonds. The quantitative estimate of drug-likeness (QED) is 0.533. The van der Waals surface area contributed by atoms with E-state index in [1.165, 1.54) is 0 Å². The Balaban J connectivity index is 0.000000249. The van der Waals surface area contributed by atoms with E-state index in [-0.39, 0.29) is 11.9 Å². The highest BCUT2D eigenvalue weighted by atomic mass is 16.5. The molecule has 0 fully saturated rings. The minimum atomic E-state index is -0.312. The molecule has 1 aliphatic rings. The summed E-state index contributed by atoms with van der Waals surface area (Å²) in [6.07, 6.45) is 4.00. The molecule has 0 aliphatic carbocycles. The van der Waals surface area contributed by atoms with Crippen LogP contribution in [0.5, 0.6) is 0 Å². The molecule has 0 aromatic carbocycles. The molecule has 0 bridgehead atoms. The Morgan fingerprint density at radius 3 is 2.50 bits per heavy atom. The van der Waals surface area contributed by atoms with Gasteiger partial charge in [-0.15, -0.1) is 0 Å². The third-order valence-electron chi connectivity index (χ3n) is 1.29. The van der Waals surface area contributed by atoms with Crippen molar-refractivity contribution in [3.05, 3.63) is 24.4 Å². The first-order chi connectivity index (χ1) is 6.57. The largest absolute Gasteiger partial charge is 0.463 e. The topological polar surface area (TPSA) is 55.4 Å². The zero-order valence-corrected chi connectivity index (χ0v) is 8.50. The fraction of sp³-hybridized carbons (Fsp3) is 0.400. The van der Waals surface area contributed by atoms with E-state index in [2.05, 4.69) is 16.6 Å². The standard InChI is InChI=1S/C6H10O2.C4H5NO/c1-4-8-6(7)5(2)3;6-4-2-1-3-5-4/h2,4H2,1,3H3;1,3H,2H2,(H,5,6). The lowest BCUT2D eigenvalue weighted by Crippen LogP contribution is -2.08. The van der Waals surface area contributed by atoms with Crippen molar-refractivity contribution in [1.29, 1.82) is 0 Å². The SMILES string of the molecule is C=C(C)C(=O)OCC.O=C1CC=CN1. The molecule has 0 saturated heterocycles. The second kappa shape index (κ2) is 6.88. The maximum Gasteiger partial charge on any atom is 0.333 e. The third kappa shape index (κ3) is 5.99. The van der Waals surface area contributed by atoms with Gasteiger partial charge in [-0.2, -0.15) is 0 Å². The number of nitrogens with one attached hydrogen (secondary N) is 1. The summed E-state index contributed by atoms with van der Waals surface area (Å²) in [7, 11) is 0. The number of carbonyl (C=O) groups excluding carboxylic acids is 2. The lowest BCUT2D eigenvalue weighted by Gasteiger charge is -1.96. The molecule has 0 atom stereocenters. The fourth-order valence-electron chi connectivity index (χ4n) is 0.631. The molecule has 78 valence electrons. The van der Waals surface area contributed by atoms with Gasteiger partial charge in [0.25, 0.3) is 0 Å². The van der Waals surface area contributed by atoms with Crippen LogP contribution in [0.25, 0.3) is 0 Å². The molecule has 0 aromatic rings. The van der Waals surface area contributed by atoms with Gasteiger partial charge in [0.15, 0.2) is 0 Å². The van der Waals surface area contributed by atoms with E-state index in [4.69, 9.17) is 0 Å². The molecule has 1 aliphatic heterocycles. The van der Waals surface area contributed by atoms with E-state index < -0.39 is 0 Å². The van der Waals surface area contributed by atoms with E-state index >= 15 is 0 Å². The van der Waals surface area contributed by atoms with E-state index in [0.29, 0.717) is 18.6 Å². The summed E-state index contributed by atoms with van der Waals surface area (Å²) in [4.78, 5) is 20.5. The summed E-state index contributed by atoms with van der Waals surface area (Å²) >= 11 is 0. The highest BCUT2D eigenvalue weighted by Gasteiger charge is 1.98. The van der Waals surface area contributed by atoms with E-state index in [9.17, 15) is 9.59 Å². The minimum Gasteiger partial charge on any atom is -0.463 e. The van der Waals surface area contributed by atoms with Gasteiger partial charge in [0.05, 0.1) is 6.61 Å². The summed E-state index contributed by atoms with van der Waals surface area (Å²) in [5.74, 6) is -0.220. The maximum absolute atomic E-state index is 10.4. The average molecular weight is 197 g/mol. The summed E-state index contributed by atoms with van der Waals surface area (Å²) < 4.78 is 4.56. The maximum atomic E-state index is 10.4. The molecule has 1 heterocycles. The monoisotopic (exact) mass is 197 g/mol. The first kappa shape index (κ1) is 12.4. The second-order valence-corrected chi connectivity index (χ2v) is 2.67. The molecule has 0 spiro atoms. The fourth-order valence-corrected chi connectivity index (χ4v) is 0.631. The van der Waals surface area contributed by atoms with Crippen LogP contribution in [0.15, 0.2) is 24.4 Å². The van der Waals surface area contributed by atoms with E-state index in [0.717, 1.165) is 0 Å². The van der Waals surface area contributed by atoms with Crippen molar-refractivity contribution < 1.29 is 14.3 Å². The molecular formula is C10H15NO3. The summed E-state index contributed by atoms with van der Waals surface area (Å²) in [6.45, 7) is 7.21. The molecule has 4 nitrogen and oxygen atoms in total. The average Bonchev–Trinajstić information content (AvgIpc) is 2.57. The Labute approximate surface area is 83.6 Å². The van der Waals surface area contributed by atoms with Gasteiger partial charge in [0.1, 0.15) is 0 Å². The Kier molecular flexibility index (Phi) is 6.11. The van der Waals surface area contributed by atoms with Crippen LogP contribution in [0.4, 0.5) is 0 Å². The number of amides is 1. The van der Waals surface area contributed by atoms with Gasteiger partial charge in [-0.1, -0.05) is 12.7 Å². The van der Waals surface area contributed by atoms with Crippen LogP contribution in [0, 0.1) is 0 Å². The van der Waals surface area contributed by atoms with Gasteiger partial charge in [0, 0.05) is 18.2 Å². The van der Waals surface area contributed by atoms with Crippen molar-refractivity contribution in [2.24, 2.45) is 0 Å². The van der Waals surface area contributed by atoms with Crippen LogP contribution in [-0.2, 0) is 14.3 Å². The summed E-state index contributed by atoms with van der Waals surface area (Å²) in [6, 6.07) is 0. The van der Waals surface area contributed by atoms with Crippen LogP contribution < -0.4 is 5.32 Å². The molecule has 1 N–H and O–H groups in total. The van der Waals surface area contributed by atoms with Crippen LogP contribution in [0.2, 0.25) is 0 Å². The van der Waals surface area contributed by atoms with Gasteiger partial charge in [0.2, 0.25) is 5.91 Å². The van der Waals surface area contributed by atoms with Gasteiger partial charge in [-0.05, 0) is 13.8 Å². The van der Waals surface area contributed by atoms with Crippen LogP contribution in [-0.4, -0.2) is 18.5 Å². The molecule has 0 radical (unpaired) electrons. The summed E-state index contributed by atoms with van der Waals surface area (Å²) in [5, 5.41) is 2.50. The van der Waals surface area contributed by atoms with Crippen molar-refractivity contribution in [3.63, 3.8) is 0 Å². The van der Waals surface area contributed by atoms with Crippen LogP contribution in [0.1, 0.15) is 20.3 Å². The van der Waals surface area contributed by atoms with Gasteiger partial charge >= 0.3 is 5.97 Å². The van der Waals surface area contributed by atoms with Crippen molar-refractivity contribution in [3.8, 4) is 0 Å². The van der Waals surface area contributed by atoms with Crippen LogP contribution >= 0.6 is 0 Å². The number of ether oxygens (including phenoxy) is 1. The highest BCUT2D eigenvalue weighted by molar-refractivity contribution is 5.86. The Hall–Kier alpha value is -1.58. The molecule has 0 aromatic heterocycles. The molecule has 0 saturated carbocycles. The van der Waals surface area contributed by atoms with Crippen molar-refractivity contribution in [2.75, 3.05) is 6.61 Å². The Morgan fingerprint density at radius 2 is 2.36 bits per heavy atom. The second-order valence-electron chi connectivity index (χ2n) is 2.67. The highest BCUT2D eigenvalue weighted by Crippen LogP contribution is 1.89. The molecular weight excluding hydrogens is 182 g/mol. The van der Waals surface area contributed by atoms with Crippen LogP contribution in [0.3, 0.4) is 0 Å². The van der Waals surface area contributed by atoms with Crippen molar-refractivity contribution >= 4 is 11.9 Å². The normalized spacial score (nSPS) is 12.6. The number of esters is 1. The van der Waals surface area contributed by atoms with Gasteiger partial charge in [-0.3, -0.25) is 4.79 Å². The number of carbonyl (C=O) groups is 2. The lowest BCUT2D eigenvalue weighted by atomic mass is 10.4. The number of rotatable bonds is 2. The minimum absolute atomic E-state index is 0.0926. The molecule has 4 heteroatoms. The summed E-state index contributed by atoms with van der Waals surface area (Å²) in [5.41, 5.74) is 0.451. The molecule has 14 heavy (non-hydrogen) atoms. The lowest BCUT2D eigenvalue weighted by molar-refractivity contribution is -0.138. The third-order valence-corrected chi connectivity index (χ3v) is 1.29. The first-order valence-electron chi connectivity index (χ1n) is 4.35. The number of hydrogen-bond acceptors (Lipinski definition) is 3.